The summed E-state index contributed by atoms with van der Waals surface area (Å²) in [4.78, 5) is 23.7. The zero-order valence-corrected chi connectivity index (χ0v) is 15.9. The van der Waals surface area contributed by atoms with Gasteiger partial charge in [0.25, 0.3) is 11.8 Å². The number of hydrogen-bond donors (Lipinski definition) is 2. The Morgan fingerprint density at radius 3 is 1.41 bits per heavy atom. The second-order valence-corrected chi connectivity index (χ2v) is 7.85. The van der Waals surface area contributed by atoms with Gasteiger partial charge in [0.05, 0.1) is 21.2 Å². The van der Waals surface area contributed by atoms with Crippen LogP contribution in [0, 0.1) is 0 Å². The lowest BCUT2D eigenvalue weighted by atomic mass is 10.3. The van der Waals surface area contributed by atoms with Gasteiger partial charge in [-0.3, -0.25) is 9.59 Å². The molecule has 2 rings (SSSR count). The van der Waals surface area contributed by atoms with E-state index in [1.165, 1.54) is 38.1 Å². The number of para-hydroxylation sites is 2. The highest BCUT2D eigenvalue weighted by Gasteiger charge is 2.25. The van der Waals surface area contributed by atoms with Crippen LogP contribution in [0.3, 0.4) is 0 Å². The van der Waals surface area contributed by atoms with Crippen molar-refractivity contribution in [3.05, 3.63) is 72.8 Å². The van der Waals surface area contributed by atoms with Crippen molar-refractivity contribution in [3.8, 4) is 0 Å². The smallest absolute Gasteiger partial charge is 0.250 e. The predicted molar refractivity (Wildman–Crippen MR) is 105 cm³/mol. The normalized spacial score (nSPS) is 10.7. The summed E-state index contributed by atoms with van der Waals surface area (Å²) in [5.41, 5.74) is 0.755. The number of carbonyl (C=O) groups is 2. The molecular weight excluding hydrogens is 364 g/mol. The Kier molecular flexibility index (Phi) is 5.97. The molecule has 0 atom stereocenters. The van der Waals surface area contributed by atoms with Gasteiger partial charge in [0, 0.05) is 11.1 Å². The highest BCUT2D eigenvalue weighted by Crippen LogP contribution is 2.32. The molecule has 0 radical (unpaired) electrons. The number of rotatable bonds is 6. The second kappa shape index (κ2) is 8.01. The van der Waals surface area contributed by atoms with Crippen LogP contribution in [-0.2, 0) is 19.4 Å². The van der Waals surface area contributed by atoms with Gasteiger partial charge in [-0.2, -0.15) is 0 Å². The van der Waals surface area contributed by atoms with Crippen LogP contribution in [0.25, 0.3) is 0 Å². The summed E-state index contributed by atoms with van der Waals surface area (Å²) < 4.78 is 26.5. The minimum absolute atomic E-state index is 0.0865. The molecule has 0 spiro atoms. The monoisotopic (exact) mass is 384 g/mol. The Bertz CT molecular complexity index is 962. The number of hydrogen-bond acceptors (Lipinski definition) is 4. The largest absolute Gasteiger partial charge is 0.321 e. The average Bonchev–Trinajstić information content (AvgIpc) is 2.62. The van der Waals surface area contributed by atoms with Crippen molar-refractivity contribution in [1.82, 2.24) is 0 Å². The second-order valence-electron chi connectivity index (χ2n) is 5.96. The lowest BCUT2D eigenvalue weighted by molar-refractivity contribution is -0.113. The number of benzene rings is 2. The quantitative estimate of drug-likeness (QED) is 0.745. The Labute approximate surface area is 158 Å². The summed E-state index contributed by atoms with van der Waals surface area (Å²) in [7, 11) is -4.03. The van der Waals surface area contributed by atoms with Crippen LogP contribution < -0.4 is 10.6 Å². The number of amides is 2. The van der Waals surface area contributed by atoms with Crippen LogP contribution in [0.15, 0.2) is 82.6 Å². The molecule has 0 fully saturated rings. The van der Waals surface area contributed by atoms with Crippen molar-refractivity contribution < 1.29 is 18.0 Å². The first-order chi connectivity index (χ1) is 12.6. The minimum Gasteiger partial charge on any atom is -0.321 e. The number of anilines is 2. The summed E-state index contributed by atoms with van der Waals surface area (Å²) in [6, 6.07) is 12.1. The van der Waals surface area contributed by atoms with Crippen molar-refractivity contribution in [3.63, 3.8) is 0 Å². The summed E-state index contributed by atoms with van der Waals surface area (Å²) in [6.07, 6.45) is 0. The molecule has 0 aliphatic heterocycles. The maximum absolute atomic E-state index is 13.2. The van der Waals surface area contributed by atoms with Gasteiger partial charge in [0.1, 0.15) is 0 Å². The van der Waals surface area contributed by atoms with Crippen molar-refractivity contribution in [2.75, 3.05) is 10.6 Å². The maximum atomic E-state index is 13.2. The van der Waals surface area contributed by atoms with E-state index in [1.54, 1.807) is 24.3 Å². The Balaban J connectivity index is 2.55. The molecule has 0 aliphatic carbocycles. The molecule has 2 aromatic carbocycles. The van der Waals surface area contributed by atoms with Gasteiger partial charge >= 0.3 is 0 Å². The summed E-state index contributed by atoms with van der Waals surface area (Å²) in [5, 5.41) is 5.09. The van der Waals surface area contributed by atoms with E-state index < -0.39 is 21.7 Å². The van der Waals surface area contributed by atoms with Crippen molar-refractivity contribution in [2.45, 2.75) is 23.6 Å². The van der Waals surface area contributed by atoms with E-state index in [4.69, 9.17) is 0 Å². The van der Waals surface area contributed by atoms with E-state index in [-0.39, 0.29) is 32.3 Å². The molecule has 0 bridgehead atoms. The van der Waals surface area contributed by atoms with Gasteiger partial charge in [0.2, 0.25) is 9.84 Å². The molecule has 0 saturated heterocycles. The van der Waals surface area contributed by atoms with Gasteiger partial charge in [-0.25, -0.2) is 8.42 Å². The van der Waals surface area contributed by atoms with Crippen LogP contribution in [0.1, 0.15) is 13.8 Å². The fourth-order valence-corrected chi connectivity index (χ4v) is 3.75. The fourth-order valence-electron chi connectivity index (χ4n) is 2.18. The molecule has 0 aliphatic rings. The molecule has 0 heterocycles. The van der Waals surface area contributed by atoms with E-state index in [0.717, 1.165) is 0 Å². The summed E-state index contributed by atoms with van der Waals surface area (Å²) in [5.74, 6) is -0.969. The van der Waals surface area contributed by atoms with Gasteiger partial charge in [-0.05, 0) is 38.1 Å². The van der Waals surface area contributed by atoms with Crippen molar-refractivity contribution in [2.24, 2.45) is 0 Å². The highest BCUT2D eigenvalue weighted by molar-refractivity contribution is 7.91. The van der Waals surface area contributed by atoms with E-state index in [0.29, 0.717) is 0 Å². The molecule has 140 valence electrons. The SMILES string of the molecule is C=C(C)C(=O)Nc1ccccc1S(=O)(=O)c1ccccc1NC(=O)C(=C)C. The van der Waals surface area contributed by atoms with Crippen LogP contribution in [-0.4, -0.2) is 20.2 Å². The first-order valence-corrected chi connectivity index (χ1v) is 9.49. The van der Waals surface area contributed by atoms with Gasteiger partial charge in [-0.15, -0.1) is 0 Å². The Hall–Kier alpha value is -3.19. The number of nitrogens with one attached hydrogen (secondary N) is 2. The van der Waals surface area contributed by atoms with E-state index in [1.807, 2.05) is 0 Å². The van der Waals surface area contributed by atoms with Crippen LogP contribution in [0.5, 0.6) is 0 Å². The third kappa shape index (κ3) is 4.51. The van der Waals surface area contributed by atoms with Crippen molar-refractivity contribution >= 4 is 33.0 Å². The van der Waals surface area contributed by atoms with Crippen LogP contribution in [0.4, 0.5) is 11.4 Å². The van der Waals surface area contributed by atoms with Gasteiger partial charge < -0.3 is 10.6 Å². The summed E-state index contributed by atoms with van der Waals surface area (Å²) in [6.45, 7) is 10.1. The first-order valence-electron chi connectivity index (χ1n) is 8.01. The predicted octanol–water partition coefficient (Wildman–Crippen LogP) is 3.55. The zero-order chi connectivity index (χ0) is 20.2. The third-order valence-corrected chi connectivity index (χ3v) is 5.49. The lowest BCUT2D eigenvalue weighted by Gasteiger charge is -2.15. The molecule has 6 nitrogen and oxygen atoms in total. The number of carbonyl (C=O) groups excluding carboxylic acids is 2. The zero-order valence-electron chi connectivity index (χ0n) is 15.1. The average molecular weight is 384 g/mol. The number of sulfone groups is 1. The molecule has 0 saturated carbocycles. The molecule has 7 heteroatoms. The van der Waals surface area contributed by atoms with Gasteiger partial charge in [-0.1, -0.05) is 37.4 Å². The fraction of sp³-hybridized carbons (Fsp3) is 0.100. The van der Waals surface area contributed by atoms with E-state index in [2.05, 4.69) is 23.8 Å². The van der Waals surface area contributed by atoms with Crippen LogP contribution in [0.2, 0.25) is 0 Å². The van der Waals surface area contributed by atoms with E-state index in [9.17, 15) is 18.0 Å². The van der Waals surface area contributed by atoms with Crippen LogP contribution >= 0.6 is 0 Å². The first kappa shape index (κ1) is 20.1. The van der Waals surface area contributed by atoms with Gasteiger partial charge in [0.15, 0.2) is 0 Å². The molecule has 0 unspecified atom stereocenters. The molecule has 0 aromatic heterocycles. The molecule has 2 amide bonds. The Morgan fingerprint density at radius 2 is 1.07 bits per heavy atom. The maximum Gasteiger partial charge on any atom is 0.250 e. The molecule has 2 N–H and O–H groups in total. The van der Waals surface area contributed by atoms with Crippen molar-refractivity contribution in [1.29, 1.82) is 0 Å². The highest BCUT2D eigenvalue weighted by atomic mass is 32.2. The standard InChI is InChI=1S/C20H20N2O4S/c1-13(2)19(23)21-15-9-5-7-11-17(15)27(25,26)18-12-8-6-10-16(18)22-20(24)14(3)4/h5-12H,1,3H2,2,4H3,(H,21,23)(H,22,24). The topological polar surface area (TPSA) is 92.3 Å². The van der Waals surface area contributed by atoms with E-state index >= 15 is 0 Å². The summed E-state index contributed by atoms with van der Waals surface area (Å²) >= 11 is 0. The Morgan fingerprint density at radius 1 is 0.741 bits per heavy atom. The lowest BCUT2D eigenvalue weighted by Crippen LogP contribution is -2.17. The minimum atomic E-state index is -4.03. The molecular formula is C20H20N2O4S. The molecule has 27 heavy (non-hydrogen) atoms. The molecule has 2 aromatic rings. The third-order valence-electron chi connectivity index (χ3n) is 3.62.